The van der Waals surface area contributed by atoms with Crippen LogP contribution in [0, 0.1) is 0 Å². The third-order valence-corrected chi connectivity index (χ3v) is 4.84. The molecule has 0 spiro atoms. The first-order valence-electron chi connectivity index (χ1n) is 7.97. The molecule has 1 N–H and O–H groups in total. The van der Waals surface area contributed by atoms with Crippen LogP contribution in [-0.4, -0.2) is 44.7 Å². The lowest BCUT2D eigenvalue weighted by Crippen LogP contribution is -2.45. The summed E-state index contributed by atoms with van der Waals surface area (Å²) in [6.07, 6.45) is 2.53. The molecule has 1 heterocycles. The molecule has 118 valence electrons. The SMILES string of the molecule is CCNC(C)c1ccc(N(C)C2CCCN(C)C2)cc1Cl. The van der Waals surface area contributed by atoms with Gasteiger partial charge in [0.05, 0.1) is 0 Å². The molecular weight excluding hydrogens is 282 g/mol. The Morgan fingerprint density at radius 2 is 2.24 bits per heavy atom. The first-order valence-corrected chi connectivity index (χ1v) is 8.35. The second-order valence-corrected chi connectivity index (χ2v) is 6.56. The standard InChI is InChI=1S/C17H28ClN3/c1-5-19-13(2)16-9-8-14(11-17(16)18)21(4)15-7-6-10-20(3)12-15/h8-9,11,13,15,19H,5-7,10,12H2,1-4H3. The van der Waals surface area contributed by atoms with Gasteiger partial charge in [-0.05, 0) is 57.6 Å². The molecule has 4 heteroatoms. The fraction of sp³-hybridized carbons (Fsp3) is 0.647. The Balaban J connectivity index is 2.11. The maximum absolute atomic E-state index is 6.49. The summed E-state index contributed by atoms with van der Waals surface area (Å²) < 4.78 is 0. The minimum atomic E-state index is 0.294. The van der Waals surface area contributed by atoms with Crippen LogP contribution < -0.4 is 10.2 Å². The Kier molecular flexibility index (Phi) is 5.91. The van der Waals surface area contributed by atoms with Crippen molar-refractivity contribution in [2.75, 3.05) is 38.6 Å². The summed E-state index contributed by atoms with van der Waals surface area (Å²) in [6, 6.07) is 7.34. The summed E-state index contributed by atoms with van der Waals surface area (Å²) in [5, 5.41) is 4.27. The highest BCUT2D eigenvalue weighted by Gasteiger charge is 2.22. The monoisotopic (exact) mass is 309 g/mol. The van der Waals surface area contributed by atoms with Gasteiger partial charge in [0.1, 0.15) is 0 Å². The molecule has 0 saturated carbocycles. The van der Waals surface area contributed by atoms with Crippen LogP contribution in [0.3, 0.4) is 0 Å². The Labute approximate surface area is 134 Å². The van der Waals surface area contributed by atoms with Gasteiger partial charge in [-0.2, -0.15) is 0 Å². The van der Waals surface area contributed by atoms with Gasteiger partial charge in [-0.1, -0.05) is 24.6 Å². The Bertz CT molecular complexity index is 463. The number of anilines is 1. The number of rotatable bonds is 5. The highest BCUT2D eigenvalue weighted by Crippen LogP contribution is 2.29. The lowest BCUT2D eigenvalue weighted by Gasteiger charge is -2.37. The van der Waals surface area contributed by atoms with E-state index in [-0.39, 0.29) is 0 Å². The average Bonchev–Trinajstić information content (AvgIpc) is 2.46. The van der Waals surface area contributed by atoms with Crippen LogP contribution in [0.4, 0.5) is 5.69 Å². The number of likely N-dealkylation sites (N-methyl/N-ethyl adjacent to an activating group) is 2. The van der Waals surface area contributed by atoms with Gasteiger partial charge in [0, 0.05) is 36.4 Å². The zero-order valence-corrected chi connectivity index (χ0v) is 14.5. The normalized spacial score (nSPS) is 21.3. The van der Waals surface area contributed by atoms with E-state index < -0.39 is 0 Å². The van der Waals surface area contributed by atoms with E-state index in [2.05, 4.69) is 61.3 Å². The van der Waals surface area contributed by atoms with Crippen LogP contribution in [0.15, 0.2) is 18.2 Å². The smallest absolute Gasteiger partial charge is 0.0474 e. The number of hydrogen-bond acceptors (Lipinski definition) is 3. The molecule has 1 aliphatic heterocycles. The van der Waals surface area contributed by atoms with Gasteiger partial charge in [0.2, 0.25) is 0 Å². The number of piperidine rings is 1. The summed E-state index contributed by atoms with van der Waals surface area (Å²) in [5.74, 6) is 0. The van der Waals surface area contributed by atoms with Gasteiger partial charge < -0.3 is 15.1 Å². The van der Waals surface area contributed by atoms with E-state index in [0.717, 1.165) is 18.1 Å². The summed E-state index contributed by atoms with van der Waals surface area (Å²) in [6.45, 7) is 7.57. The summed E-state index contributed by atoms with van der Waals surface area (Å²) >= 11 is 6.49. The van der Waals surface area contributed by atoms with Crippen molar-refractivity contribution in [1.29, 1.82) is 0 Å². The van der Waals surface area contributed by atoms with Crippen LogP contribution >= 0.6 is 11.6 Å². The van der Waals surface area contributed by atoms with Crippen molar-refractivity contribution < 1.29 is 0 Å². The lowest BCUT2D eigenvalue weighted by atomic mass is 10.0. The van der Waals surface area contributed by atoms with E-state index in [1.165, 1.54) is 30.6 Å². The fourth-order valence-corrected chi connectivity index (χ4v) is 3.51. The largest absolute Gasteiger partial charge is 0.370 e. The minimum Gasteiger partial charge on any atom is -0.370 e. The highest BCUT2D eigenvalue weighted by atomic mass is 35.5. The van der Waals surface area contributed by atoms with Gasteiger partial charge in [-0.15, -0.1) is 0 Å². The van der Waals surface area contributed by atoms with Crippen molar-refractivity contribution >= 4 is 17.3 Å². The van der Waals surface area contributed by atoms with E-state index in [1.54, 1.807) is 0 Å². The number of hydrogen-bond donors (Lipinski definition) is 1. The molecule has 2 atom stereocenters. The van der Waals surface area contributed by atoms with Crippen LogP contribution in [0.1, 0.15) is 38.3 Å². The lowest BCUT2D eigenvalue weighted by molar-refractivity contribution is 0.248. The number of nitrogens with zero attached hydrogens (tertiary/aromatic N) is 2. The topological polar surface area (TPSA) is 18.5 Å². The van der Waals surface area contributed by atoms with Crippen molar-refractivity contribution in [2.24, 2.45) is 0 Å². The van der Waals surface area contributed by atoms with Crippen molar-refractivity contribution in [1.82, 2.24) is 10.2 Å². The van der Waals surface area contributed by atoms with Crippen LogP contribution in [0.2, 0.25) is 5.02 Å². The van der Waals surface area contributed by atoms with E-state index in [9.17, 15) is 0 Å². The molecule has 3 nitrogen and oxygen atoms in total. The van der Waals surface area contributed by atoms with Crippen molar-refractivity contribution in [3.05, 3.63) is 28.8 Å². The van der Waals surface area contributed by atoms with E-state index in [0.29, 0.717) is 12.1 Å². The van der Waals surface area contributed by atoms with E-state index >= 15 is 0 Å². The molecule has 0 aromatic heterocycles. The maximum Gasteiger partial charge on any atom is 0.0474 e. The number of benzene rings is 1. The van der Waals surface area contributed by atoms with E-state index in [1.807, 2.05) is 0 Å². The molecule has 0 radical (unpaired) electrons. The van der Waals surface area contributed by atoms with Crippen LogP contribution in [0.5, 0.6) is 0 Å². The highest BCUT2D eigenvalue weighted by molar-refractivity contribution is 6.31. The minimum absolute atomic E-state index is 0.294. The fourth-order valence-electron chi connectivity index (χ4n) is 3.17. The van der Waals surface area contributed by atoms with Crippen molar-refractivity contribution in [3.63, 3.8) is 0 Å². The van der Waals surface area contributed by atoms with Crippen molar-refractivity contribution in [2.45, 2.75) is 38.8 Å². The predicted molar refractivity (Wildman–Crippen MR) is 92.5 cm³/mol. The number of likely N-dealkylation sites (tertiary alicyclic amines) is 1. The number of halogens is 1. The second kappa shape index (κ2) is 7.48. The molecule has 21 heavy (non-hydrogen) atoms. The zero-order chi connectivity index (χ0) is 15.4. The molecule has 1 saturated heterocycles. The first kappa shape index (κ1) is 16.6. The Morgan fingerprint density at radius 1 is 1.48 bits per heavy atom. The molecule has 1 aromatic rings. The number of nitrogens with one attached hydrogen (secondary N) is 1. The summed E-state index contributed by atoms with van der Waals surface area (Å²) in [4.78, 5) is 4.79. The molecule has 1 aromatic carbocycles. The molecule has 1 fully saturated rings. The molecule has 0 amide bonds. The predicted octanol–water partition coefficient (Wildman–Crippen LogP) is 3.54. The maximum atomic E-state index is 6.49. The average molecular weight is 310 g/mol. The Morgan fingerprint density at radius 3 is 2.86 bits per heavy atom. The molecule has 0 bridgehead atoms. The van der Waals surface area contributed by atoms with Gasteiger partial charge in [0.15, 0.2) is 0 Å². The molecule has 2 rings (SSSR count). The second-order valence-electron chi connectivity index (χ2n) is 6.15. The Hall–Kier alpha value is -0.770. The van der Waals surface area contributed by atoms with Gasteiger partial charge in [-0.25, -0.2) is 0 Å². The quantitative estimate of drug-likeness (QED) is 0.897. The molecule has 1 aliphatic rings. The van der Waals surface area contributed by atoms with Gasteiger partial charge >= 0.3 is 0 Å². The molecular formula is C17H28ClN3. The van der Waals surface area contributed by atoms with E-state index in [4.69, 9.17) is 11.6 Å². The van der Waals surface area contributed by atoms with Gasteiger partial charge in [0.25, 0.3) is 0 Å². The molecule has 0 aliphatic carbocycles. The third-order valence-electron chi connectivity index (χ3n) is 4.52. The summed E-state index contributed by atoms with van der Waals surface area (Å²) in [5.41, 5.74) is 2.39. The zero-order valence-electron chi connectivity index (χ0n) is 13.7. The summed E-state index contributed by atoms with van der Waals surface area (Å²) in [7, 11) is 4.39. The molecule has 2 unspecified atom stereocenters. The third kappa shape index (κ3) is 4.12. The first-order chi connectivity index (χ1) is 10.0. The van der Waals surface area contributed by atoms with Crippen molar-refractivity contribution in [3.8, 4) is 0 Å². The van der Waals surface area contributed by atoms with Crippen LogP contribution in [-0.2, 0) is 0 Å². The van der Waals surface area contributed by atoms with Gasteiger partial charge in [-0.3, -0.25) is 0 Å². The van der Waals surface area contributed by atoms with Crippen LogP contribution in [0.25, 0.3) is 0 Å².